The van der Waals surface area contributed by atoms with Crippen LogP contribution in [-0.2, 0) is 9.53 Å². The summed E-state index contributed by atoms with van der Waals surface area (Å²) in [6.07, 6.45) is -0.0494. The van der Waals surface area contributed by atoms with Gasteiger partial charge in [0.1, 0.15) is 0 Å². The zero-order chi connectivity index (χ0) is 21.4. The predicted molar refractivity (Wildman–Crippen MR) is 112 cm³/mol. The quantitative estimate of drug-likeness (QED) is 0.492. The molecule has 0 aromatic heterocycles. The molecule has 0 radical (unpaired) electrons. The van der Waals surface area contributed by atoms with E-state index in [1.807, 2.05) is 12.2 Å². The van der Waals surface area contributed by atoms with Crippen LogP contribution in [0.5, 0.6) is 0 Å². The van der Waals surface area contributed by atoms with Gasteiger partial charge in [-0.3, -0.25) is 9.59 Å². The molecule has 4 amide bonds. The second-order valence-corrected chi connectivity index (χ2v) is 6.36. The highest BCUT2D eigenvalue weighted by Crippen LogP contribution is 2.30. The van der Waals surface area contributed by atoms with Gasteiger partial charge in [0.2, 0.25) is 5.91 Å². The molecule has 0 bridgehead atoms. The maximum Gasteiger partial charge on any atom is 0.415 e. The first-order chi connectivity index (χ1) is 13.9. The third kappa shape index (κ3) is 5.82. The van der Waals surface area contributed by atoms with Crippen LogP contribution >= 0.6 is 12.8 Å². The highest BCUT2D eigenvalue weighted by Gasteiger charge is 2.21. The summed E-state index contributed by atoms with van der Waals surface area (Å²) in [4.78, 5) is 48.4. The van der Waals surface area contributed by atoms with Crippen LogP contribution in [0.2, 0.25) is 0 Å². The molecular formula is C20H21N3O5S. The summed E-state index contributed by atoms with van der Waals surface area (Å²) >= 11 is 4.13. The number of anilines is 2. The zero-order valence-electron chi connectivity index (χ0n) is 16.0. The fourth-order valence-electron chi connectivity index (χ4n) is 2.45. The molecule has 0 saturated heterocycles. The maximum absolute atomic E-state index is 12.7. The highest BCUT2D eigenvalue weighted by atomic mass is 32.1. The number of thiol groups is 1. The molecule has 0 unspecified atom stereocenters. The van der Waals surface area contributed by atoms with Crippen molar-refractivity contribution in [1.29, 1.82) is 0 Å². The molecule has 2 aromatic rings. The van der Waals surface area contributed by atoms with E-state index in [2.05, 4.69) is 22.9 Å². The summed E-state index contributed by atoms with van der Waals surface area (Å²) < 4.78 is 5.22. The Kier molecular flexibility index (Phi) is 7.79. The Labute approximate surface area is 173 Å². The van der Waals surface area contributed by atoms with Gasteiger partial charge in [-0.15, -0.1) is 0 Å². The van der Waals surface area contributed by atoms with Gasteiger partial charge in [-0.05, 0) is 24.6 Å². The van der Waals surface area contributed by atoms with Gasteiger partial charge in [-0.25, -0.2) is 19.2 Å². The minimum atomic E-state index is -0.970. The number of ketones is 1. The van der Waals surface area contributed by atoms with Crippen LogP contribution in [0.3, 0.4) is 0 Å². The summed E-state index contributed by atoms with van der Waals surface area (Å²) in [6.45, 7) is 1.86. The van der Waals surface area contributed by atoms with Crippen LogP contribution in [0.1, 0.15) is 35.7 Å². The van der Waals surface area contributed by atoms with Gasteiger partial charge in [0.05, 0.1) is 18.5 Å². The zero-order valence-corrected chi connectivity index (χ0v) is 16.9. The molecule has 0 aliphatic carbocycles. The second-order valence-electron chi connectivity index (χ2n) is 5.96. The van der Waals surface area contributed by atoms with E-state index in [0.29, 0.717) is 12.0 Å². The average molecular weight is 415 g/mol. The van der Waals surface area contributed by atoms with E-state index in [-0.39, 0.29) is 35.0 Å². The minimum absolute atomic E-state index is 0.126. The number of benzene rings is 2. The highest BCUT2D eigenvalue weighted by molar-refractivity contribution is 7.82. The minimum Gasteiger partial charge on any atom is -0.453 e. The third-order valence-corrected chi connectivity index (χ3v) is 4.26. The number of rotatable bonds is 6. The van der Waals surface area contributed by atoms with Crippen LogP contribution in [0.25, 0.3) is 0 Å². The summed E-state index contributed by atoms with van der Waals surface area (Å²) in [5.41, 5.74) is 1.14. The number of hydrogen-bond acceptors (Lipinski definition) is 6. The van der Waals surface area contributed by atoms with Crippen molar-refractivity contribution in [3.05, 3.63) is 59.7 Å². The van der Waals surface area contributed by atoms with Gasteiger partial charge in [-0.2, -0.15) is 0 Å². The molecule has 9 heteroatoms. The van der Waals surface area contributed by atoms with Crippen molar-refractivity contribution >= 4 is 48.0 Å². The molecule has 2 rings (SSSR count). The van der Waals surface area contributed by atoms with Crippen molar-refractivity contribution in [2.75, 3.05) is 16.7 Å². The van der Waals surface area contributed by atoms with Gasteiger partial charge in [-0.1, -0.05) is 50.1 Å². The number of imide groups is 1. The first-order valence-electron chi connectivity index (χ1n) is 8.79. The average Bonchev–Trinajstić information content (AvgIpc) is 2.73. The Balaban J connectivity index is 2.41. The lowest BCUT2D eigenvalue weighted by molar-refractivity contribution is -0.116. The van der Waals surface area contributed by atoms with Crippen LogP contribution in [0.15, 0.2) is 48.5 Å². The fourth-order valence-corrected chi connectivity index (χ4v) is 2.67. The molecule has 0 fully saturated rings. The molecule has 2 aromatic carbocycles. The fraction of sp³-hybridized carbons (Fsp3) is 0.200. The lowest BCUT2D eigenvalue weighted by atomic mass is 10.0. The number of ether oxygens (including phenoxy) is 1. The van der Waals surface area contributed by atoms with E-state index < -0.39 is 12.1 Å². The Hall–Kier alpha value is -3.33. The van der Waals surface area contributed by atoms with Crippen LogP contribution in [-0.4, -0.2) is 30.9 Å². The molecule has 0 heterocycles. The molecule has 0 atom stereocenters. The molecular weight excluding hydrogens is 394 g/mol. The number of carbonyl (C=O) groups is 4. The number of nitrogens with zero attached hydrogens (tertiary/aromatic N) is 1. The first kappa shape index (κ1) is 22.0. The van der Waals surface area contributed by atoms with Crippen molar-refractivity contribution in [2.45, 2.75) is 19.8 Å². The van der Waals surface area contributed by atoms with E-state index in [9.17, 15) is 19.2 Å². The van der Waals surface area contributed by atoms with Gasteiger partial charge in [0.25, 0.3) is 0 Å². The Morgan fingerprint density at radius 1 is 1.03 bits per heavy atom. The van der Waals surface area contributed by atoms with Crippen LogP contribution < -0.4 is 14.9 Å². The van der Waals surface area contributed by atoms with Crippen molar-refractivity contribution in [1.82, 2.24) is 5.32 Å². The number of alkyl carbamates (subject to hydrolysis) is 1. The summed E-state index contributed by atoms with van der Waals surface area (Å²) in [5.74, 6) is -0.528. The number of amides is 4. The Bertz CT molecular complexity index is 918. The summed E-state index contributed by atoms with van der Waals surface area (Å²) in [6, 6.07) is 12.2. The van der Waals surface area contributed by atoms with Crippen molar-refractivity contribution in [2.24, 2.45) is 0 Å². The van der Waals surface area contributed by atoms with Crippen LogP contribution in [0, 0.1) is 0 Å². The van der Waals surface area contributed by atoms with Gasteiger partial charge < -0.3 is 10.1 Å². The van der Waals surface area contributed by atoms with Crippen LogP contribution in [0.4, 0.5) is 21.0 Å². The van der Waals surface area contributed by atoms with E-state index in [1.54, 1.807) is 36.4 Å². The molecule has 0 saturated carbocycles. The number of nitrogens with one attached hydrogen (secondary N) is 2. The summed E-state index contributed by atoms with van der Waals surface area (Å²) in [7, 11) is 1.11. The number of methoxy groups -OCH3 is 1. The SMILES string of the molecule is CCCC(=O)Nc1ccc(C(=O)c2ccccc2)cc1N(S)C(=O)NC(=O)OC. The van der Waals surface area contributed by atoms with E-state index in [0.717, 1.165) is 11.4 Å². The van der Waals surface area contributed by atoms with Gasteiger partial charge in [0, 0.05) is 17.5 Å². The molecule has 0 aliphatic heterocycles. The van der Waals surface area contributed by atoms with Crippen molar-refractivity contribution < 1.29 is 23.9 Å². The lowest BCUT2D eigenvalue weighted by Crippen LogP contribution is -2.38. The monoisotopic (exact) mass is 415 g/mol. The summed E-state index contributed by atoms with van der Waals surface area (Å²) in [5, 5.41) is 4.65. The van der Waals surface area contributed by atoms with Gasteiger partial charge >= 0.3 is 12.1 Å². The van der Waals surface area contributed by atoms with E-state index in [4.69, 9.17) is 0 Å². The second kappa shape index (κ2) is 10.3. The Morgan fingerprint density at radius 3 is 2.34 bits per heavy atom. The molecule has 0 spiro atoms. The molecule has 152 valence electrons. The number of carbonyl (C=O) groups excluding carboxylic acids is 4. The molecule has 2 N–H and O–H groups in total. The van der Waals surface area contributed by atoms with E-state index >= 15 is 0 Å². The molecule has 8 nitrogen and oxygen atoms in total. The largest absolute Gasteiger partial charge is 0.453 e. The normalized spacial score (nSPS) is 10.0. The number of urea groups is 1. The smallest absolute Gasteiger partial charge is 0.415 e. The van der Waals surface area contributed by atoms with Crippen molar-refractivity contribution in [3.63, 3.8) is 0 Å². The van der Waals surface area contributed by atoms with Crippen molar-refractivity contribution in [3.8, 4) is 0 Å². The predicted octanol–water partition coefficient (Wildman–Crippen LogP) is 3.78. The number of hydrogen-bond donors (Lipinski definition) is 3. The first-order valence-corrected chi connectivity index (χ1v) is 9.19. The molecule has 29 heavy (non-hydrogen) atoms. The Morgan fingerprint density at radius 2 is 1.72 bits per heavy atom. The lowest BCUT2D eigenvalue weighted by Gasteiger charge is -2.20. The standard InChI is InChI=1S/C20H21N3O5S/c1-3-7-17(24)21-15-11-10-14(18(25)13-8-5-4-6-9-13)12-16(15)23(29)19(26)22-20(27)28-2/h4-6,8-12,29H,3,7H2,1-2H3,(H,21,24)(H,22,26,27). The van der Waals surface area contributed by atoms with E-state index in [1.165, 1.54) is 12.1 Å². The third-order valence-electron chi connectivity index (χ3n) is 3.86. The molecule has 0 aliphatic rings. The maximum atomic E-state index is 12.7. The van der Waals surface area contributed by atoms with Gasteiger partial charge in [0.15, 0.2) is 5.78 Å². The topological polar surface area (TPSA) is 105 Å².